The molecule has 0 fully saturated rings. The molecule has 6 nitrogen and oxygen atoms in total. The molecule has 0 spiro atoms. The smallest absolute Gasteiger partial charge is 0.265 e. The van der Waals surface area contributed by atoms with Crippen LogP contribution >= 0.6 is 22.7 Å². The molecule has 0 aliphatic carbocycles. The van der Waals surface area contributed by atoms with Gasteiger partial charge in [0.2, 0.25) is 0 Å². The van der Waals surface area contributed by atoms with Crippen molar-refractivity contribution in [2.75, 3.05) is 0 Å². The van der Waals surface area contributed by atoms with Gasteiger partial charge in [-0.3, -0.25) is 4.79 Å². The van der Waals surface area contributed by atoms with Crippen molar-refractivity contribution in [1.29, 1.82) is 0 Å². The third-order valence-electron chi connectivity index (χ3n) is 4.55. The molecule has 134 valence electrons. The van der Waals surface area contributed by atoms with Crippen LogP contribution in [0, 0.1) is 0 Å². The number of hydrogen-bond donors (Lipinski definition) is 0. The van der Waals surface area contributed by atoms with Gasteiger partial charge in [0.1, 0.15) is 12.1 Å². The minimum absolute atomic E-state index is 0.0654. The lowest BCUT2D eigenvalue weighted by molar-refractivity contribution is -0.133. The molecule has 0 N–H and O–H groups in total. The van der Waals surface area contributed by atoms with E-state index >= 15 is 0 Å². The summed E-state index contributed by atoms with van der Waals surface area (Å²) in [5.41, 5.74) is 2.59. The molecular formula is C19H15N5OS2. The van der Waals surface area contributed by atoms with Crippen molar-refractivity contribution >= 4 is 45.3 Å². The highest BCUT2D eigenvalue weighted by atomic mass is 32.1. The lowest BCUT2D eigenvalue weighted by Gasteiger charge is -2.20. The number of amides is 1. The lowest BCUT2D eigenvalue weighted by Crippen LogP contribution is -2.30. The summed E-state index contributed by atoms with van der Waals surface area (Å²) in [6, 6.07) is 15.7. The molecule has 27 heavy (non-hydrogen) atoms. The van der Waals surface area contributed by atoms with E-state index in [0.29, 0.717) is 0 Å². The third kappa shape index (κ3) is 2.96. The van der Waals surface area contributed by atoms with Crippen molar-refractivity contribution in [2.45, 2.75) is 19.0 Å². The maximum Gasteiger partial charge on any atom is 0.265 e. The van der Waals surface area contributed by atoms with Gasteiger partial charge < -0.3 is 0 Å². The summed E-state index contributed by atoms with van der Waals surface area (Å²) in [5.74, 6) is -0.0874. The number of fused-ring (bicyclic) bond motifs is 1. The minimum Gasteiger partial charge on any atom is -0.271 e. The van der Waals surface area contributed by atoms with Crippen molar-refractivity contribution in [1.82, 2.24) is 20.0 Å². The molecule has 4 heterocycles. The third-order valence-corrected chi connectivity index (χ3v) is 6.44. The number of para-hydroxylation sites is 1. The first-order chi connectivity index (χ1) is 13.3. The SMILES string of the molecule is O=C(Cn1nnc2ccccc21)N1N=C(c2cccs2)C[C@H]1c1cccs1. The Balaban J connectivity index is 1.47. The Bertz CT molecular complexity index is 1110. The fourth-order valence-electron chi connectivity index (χ4n) is 3.27. The molecule has 1 aliphatic rings. The van der Waals surface area contributed by atoms with Gasteiger partial charge in [0, 0.05) is 11.3 Å². The van der Waals surface area contributed by atoms with Crippen LogP contribution < -0.4 is 0 Å². The van der Waals surface area contributed by atoms with Crippen LogP contribution in [0.25, 0.3) is 11.0 Å². The van der Waals surface area contributed by atoms with E-state index in [1.165, 1.54) is 0 Å². The fourth-order valence-corrected chi connectivity index (χ4v) is 4.80. The maximum atomic E-state index is 13.1. The molecule has 1 aliphatic heterocycles. The summed E-state index contributed by atoms with van der Waals surface area (Å²) in [4.78, 5) is 15.4. The molecule has 4 aromatic rings. The van der Waals surface area contributed by atoms with E-state index in [9.17, 15) is 4.79 Å². The molecule has 0 unspecified atom stereocenters. The van der Waals surface area contributed by atoms with E-state index in [1.807, 2.05) is 53.2 Å². The molecule has 3 aromatic heterocycles. The first kappa shape index (κ1) is 16.3. The van der Waals surface area contributed by atoms with Gasteiger partial charge in [0.25, 0.3) is 5.91 Å². The van der Waals surface area contributed by atoms with Crippen LogP contribution in [0.2, 0.25) is 0 Å². The normalized spacial score (nSPS) is 16.8. The molecule has 0 bridgehead atoms. The van der Waals surface area contributed by atoms with Crippen LogP contribution in [0.3, 0.4) is 0 Å². The van der Waals surface area contributed by atoms with Crippen LogP contribution in [-0.2, 0) is 11.3 Å². The van der Waals surface area contributed by atoms with Crippen LogP contribution in [0.5, 0.6) is 0 Å². The van der Waals surface area contributed by atoms with Crippen molar-refractivity contribution < 1.29 is 4.79 Å². The lowest BCUT2D eigenvalue weighted by atomic mass is 10.1. The van der Waals surface area contributed by atoms with E-state index in [4.69, 9.17) is 0 Å². The van der Waals surface area contributed by atoms with Gasteiger partial charge >= 0.3 is 0 Å². The van der Waals surface area contributed by atoms with E-state index in [0.717, 1.165) is 32.9 Å². The van der Waals surface area contributed by atoms with Crippen LogP contribution in [-0.4, -0.2) is 31.6 Å². The first-order valence-corrected chi connectivity index (χ1v) is 10.3. The number of carbonyl (C=O) groups excluding carboxylic acids is 1. The molecule has 8 heteroatoms. The Morgan fingerprint density at radius 1 is 1.07 bits per heavy atom. The summed E-state index contributed by atoms with van der Waals surface area (Å²) >= 11 is 3.30. The van der Waals surface area contributed by atoms with Crippen molar-refractivity contribution in [2.24, 2.45) is 5.10 Å². The zero-order chi connectivity index (χ0) is 18.2. The number of carbonyl (C=O) groups is 1. The fraction of sp³-hybridized carbons (Fsp3) is 0.158. The van der Waals surface area contributed by atoms with Crippen LogP contribution in [0.1, 0.15) is 22.2 Å². The van der Waals surface area contributed by atoms with Crippen LogP contribution in [0.4, 0.5) is 0 Å². The van der Waals surface area contributed by atoms with Crippen molar-refractivity contribution in [3.8, 4) is 0 Å². The standard InChI is InChI=1S/C19H15N5OS2/c25-19(12-23-15-6-2-1-5-13(15)20-22-23)24-16(18-8-4-10-27-18)11-14(21-24)17-7-3-9-26-17/h1-10,16H,11-12H2/t16-/m0/s1. The van der Waals surface area contributed by atoms with Gasteiger partial charge in [-0.1, -0.05) is 29.5 Å². The van der Waals surface area contributed by atoms with E-state index in [1.54, 1.807) is 32.4 Å². The molecule has 0 radical (unpaired) electrons. The Morgan fingerprint density at radius 3 is 2.74 bits per heavy atom. The second kappa shape index (κ2) is 6.71. The van der Waals surface area contributed by atoms with E-state index < -0.39 is 0 Å². The molecule has 1 atom stereocenters. The Kier molecular flexibility index (Phi) is 4.06. The molecule has 1 amide bonds. The highest BCUT2D eigenvalue weighted by Gasteiger charge is 2.34. The number of aromatic nitrogens is 3. The second-order valence-electron chi connectivity index (χ2n) is 6.23. The summed E-state index contributed by atoms with van der Waals surface area (Å²) in [7, 11) is 0. The average Bonchev–Trinajstić information content (AvgIpc) is 3.47. The molecule has 0 saturated carbocycles. The zero-order valence-electron chi connectivity index (χ0n) is 14.2. The highest BCUT2D eigenvalue weighted by molar-refractivity contribution is 7.12. The Labute approximate surface area is 163 Å². The number of rotatable bonds is 4. The van der Waals surface area contributed by atoms with E-state index in [2.05, 4.69) is 21.5 Å². The topological polar surface area (TPSA) is 63.4 Å². The predicted molar refractivity (Wildman–Crippen MR) is 107 cm³/mol. The van der Waals surface area contributed by atoms with Gasteiger partial charge in [-0.05, 0) is 35.0 Å². The molecule has 0 saturated heterocycles. The monoisotopic (exact) mass is 393 g/mol. The summed E-state index contributed by atoms with van der Waals surface area (Å²) < 4.78 is 1.64. The quantitative estimate of drug-likeness (QED) is 0.528. The Morgan fingerprint density at radius 2 is 1.93 bits per heavy atom. The van der Waals surface area contributed by atoms with Gasteiger partial charge in [-0.15, -0.1) is 27.8 Å². The average molecular weight is 393 g/mol. The van der Waals surface area contributed by atoms with Gasteiger partial charge in [0.05, 0.1) is 22.1 Å². The van der Waals surface area contributed by atoms with Crippen molar-refractivity contribution in [3.05, 3.63) is 69.0 Å². The number of hydrazone groups is 1. The number of thiophene rings is 2. The van der Waals surface area contributed by atoms with Gasteiger partial charge in [-0.25, -0.2) is 9.69 Å². The second-order valence-corrected chi connectivity index (χ2v) is 8.16. The zero-order valence-corrected chi connectivity index (χ0v) is 15.9. The molecule has 5 rings (SSSR count). The summed E-state index contributed by atoms with van der Waals surface area (Å²) in [6.45, 7) is 0.115. The Hall–Kier alpha value is -2.84. The van der Waals surface area contributed by atoms with Gasteiger partial charge in [-0.2, -0.15) is 5.10 Å². The summed E-state index contributed by atoms with van der Waals surface area (Å²) in [5, 5.41) is 18.6. The summed E-state index contributed by atoms with van der Waals surface area (Å²) in [6.07, 6.45) is 0.727. The molecule has 1 aromatic carbocycles. The number of nitrogens with zero attached hydrogens (tertiary/aromatic N) is 5. The number of benzene rings is 1. The first-order valence-electron chi connectivity index (χ1n) is 8.54. The minimum atomic E-state index is -0.0874. The highest BCUT2D eigenvalue weighted by Crippen LogP contribution is 2.36. The van der Waals surface area contributed by atoms with E-state index in [-0.39, 0.29) is 18.5 Å². The largest absolute Gasteiger partial charge is 0.271 e. The number of hydrogen-bond acceptors (Lipinski definition) is 6. The maximum absolute atomic E-state index is 13.1. The van der Waals surface area contributed by atoms with Gasteiger partial charge in [0.15, 0.2) is 0 Å². The van der Waals surface area contributed by atoms with Crippen LogP contribution in [0.15, 0.2) is 64.4 Å². The predicted octanol–water partition coefficient (Wildman–Crippen LogP) is 3.93. The molecular weight excluding hydrogens is 378 g/mol. The van der Waals surface area contributed by atoms with Crippen molar-refractivity contribution in [3.63, 3.8) is 0 Å².